The van der Waals surface area contributed by atoms with Gasteiger partial charge in [0.1, 0.15) is 0 Å². The molecule has 0 fully saturated rings. The van der Waals surface area contributed by atoms with E-state index in [4.69, 9.17) is 10.5 Å². The van der Waals surface area contributed by atoms with Crippen LogP contribution in [0.3, 0.4) is 0 Å². The van der Waals surface area contributed by atoms with E-state index < -0.39 is 0 Å². The van der Waals surface area contributed by atoms with Gasteiger partial charge in [0, 0.05) is 25.7 Å². The Kier molecular flexibility index (Phi) is 8.67. The maximum atomic E-state index is 5.76. The molecular formula is C10H24N2OS. The van der Waals surface area contributed by atoms with Gasteiger partial charge < -0.3 is 10.5 Å². The SMILES string of the molecule is COCC(C)N(C)C(CN)CCSC. The van der Waals surface area contributed by atoms with Crippen molar-refractivity contribution >= 4 is 11.8 Å². The summed E-state index contributed by atoms with van der Waals surface area (Å²) in [5.74, 6) is 1.17. The Bertz CT molecular complexity index is 135. The first-order valence-electron chi connectivity index (χ1n) is 5.07. The molecule has 0 amide bonds. The topological polar surface area (TPSA) is 38.5 Å². The normalized spacial score (nSPS) is 15.9. The highest BCUT2D eigenvalue weighted by atomic mass is 32.2. The van der Waals surface area contributed by atoms with Gasteiger partial charge in [-0.1, -0.05) is 0 Å². The van der Waals surface area contributed by atoms with Gasteiger partial charge in [0.2, 0.25) is 0 Å². The van der Waals surface area contributed by atoms with E-state index in [1.165, 1.54) is 5.75 Å². The Labute approximate surface area is 92.4 Å². The smallest absolute Gasteiger partial charge is 0.0615 e. The van der Waals surface area contributed by atoms with Crippen molar-refractivity contribution in [1.82, 2.24) is 4.90 Å². The molecule has 0 spiro atoms. The van der Waals surface area contributed by atoms with Crippen LogP contribution in [0.5, 0.6) is 0 Å². The molecule has 2 unspecified atom stereocenters. The molecule has 0 aliphatic rings. The Balaban J connectivity index is 3.94. The fourth-order valence-electron chi connectivity index (χ4n) is 1.46. The molecule has 3 nitrogen and oxygen atoms in total. The largest absolute Gasteiger partial charge is 0.383 e. The number of hydrogen-bond acceptors (Lipinski definition) is 4. The summed E-state index contributed by atoms with van der Waals surface area (Å²) in [7, 11) is 3.87. The van der Waals surface area contributed by atoms with Crippen LogP contribution in [0.4, 0.5) is 0 Å². The van der Waals surface area contributed by atoms with Gasteiger partial charge in [-0.25, -0.2) is 0 Å². The van der Waals surface area contributed by atoms with E-state index in [0.29, 0.717) is 12.1 Å². The average Bonchev–Trinajstić information content (AvgIpc) is 2.19. The summed E-state index contributed by atoms with van der Waals surface area (Å²) in [5, 5.41) is 0. The summed E-state index contributed by atoms with van der Waals surface area (Å²) < 4.78 is 5.14. The quantitative estimate of drug-likeness (QED) is 0.663. The molecule has 0 aromatic carbocycles. The molecule has 0 heterocycles. The molecule has 0 radical (unpaired) electrons. The highest BCUT2D eigenvalue weighted by Gasteiger charge is 2.17. The third-order valence-electron chi connectivity index (χ3n) is 2.61. The van der Waals surface area contributed by atoms with Crippen molar-refractivity contribution in [3.05, 3.63) is 0 Å². The Morgan fingerprint density at radius 3 is 2.57 bits per heavy atom. The molecule has 14 heavy (non-hydrogen) atoms. The number of hydrogen-bond donors (Lipinski definition) is 1. The van der Waals surface area contributed by atoms with Crippen molar-refractivity contribution in [3.63, 3.8) is 0 Å². The summed E-state index contributed by atoms with van der Waals surface area (Å²) in [4.78, 5) is 2.32. The molecule has 0 aromatic heterocycles. The Morgan fingerprint density at radius 2 is 2.14 bits per heavy atom. The first-order valence-corrected chi connectivity index (χ1v) is 6.46. The minimum absolute atomic E-state index is 0.440. The van der Waals surface area contributed by atoms with Gasteiger partial charge >= 0.3 is 0 Å². The standard InChI is InChI=1S/C10H24N2OS/c1-9(8-13-3)12(2)10(7-11)5-6-14-4/h9-10H,5-8,11H2,1-4H3. The fraction of sp³-hybridized carbons (Fsp3) is 1.00. The van der Waals surface area contributed by atoms with E-state index in [1.54, 1.807) is 7.11 Å². The summed E-state index contributed by atoms with van der Waals surface area (Å²) in [6.45, 7) is 3.67. The van der Waals surface area contributed by atoms with Crippen molar-refractivity contribution < 1.29 is 4.74 Å². The van der Waals surface area contributed by atoms with Crippen LogP contribution >= 0.6 is 11.8 Å². The second-order valence-corrected chi connectivity index (χ2v) is 4.63. The molecule has 0 aliphatic carbocycles. The van der Waals surface area contributed by atoms with E-state index in [-0.39, 0.29) is 0 Å². The number of thioether (sulfide) groups is 1. The number of methoxy groups -OCH3 is 1. The fourth-order valence-corrected chi connectivity index (χ4v) is 1.97. The molecule has 2 N–H and O–H groups in total. The van der Waals surface area contributed by atoms with Crippen LogP contribution in [0.2, 0.25) is 0 Å². The van der Waals surface area contributed by atoms with Crippen LogP contribution in [0.15, 0.2) is 0 Å². The van der Waals surface area contributed by atoms with Crippen LogP contribution in [0.25, 0.3) is 0 Å². The zero-order chi connectivity index (χ0) is 11.0. The molecule has 0 aliphatic heterocycles. The van der Waals surface area contributed by atoms with Gasteiger partial charge in [-0.15, -0.1) is 0 Å². The van der Waals surface area contributed by atoms with Crippen molar-refractivity contribution in [1.29, 1.82) is 0 Å². The van der Waals surface area contributed by atoms with Gasteiger partial charge in [0.15, 0.2) is 0 Å². The molecule has 0 saturated heterocycles. The molecule has 4 heteroatoms. The lowest BCUT2D eigenvalue weighted by atomic mass is 10.1. The maximum Gasteiger partial charge on any atom is 0.0615 e. The first kappa shape index (κ1) is 14.2. The van der Waals surface area contributed by atoms with E-state index in [0.717, 1.165) is 19.6 Å². The number of nitrogens with two attached hydrogens (primary N) is 1. The van der Waals surface area contributed by atoms with Crippen molar-refractivity contribution in [2.24, 2.45) is 5.73 Å². The lowest BCUT2D eigenvalue weighted by Gasteiger charge is -2.32. The van der Waals surface area contributed by atoms with Crippen LogP contribution in [-0.4, -0.2) is 56.3 Å². The monoisotopic (exact) mass is 220 g/mol. The zero-order valence-corrected chi connectivity index (χ0v) is 10.6. The number of ether oxygens (including phenoxy) is 1. The molecular weight excluding hydrogens is 196 g/mol. The van der Waals surface area contributed by atoms with Gasteiger partial charge in [-0.3, -0.25) is 4.90 Å². The first-order chi connectivity index (χ1) is 6.67. The highest BCUT2D eigenvalue weighted by Crippen LogP contribution is 2.09. The van der Waals surface area contributed by atoms with Crippen molar-refractivity contribution in [3.8, 4) is 0 Å². The molecule has 0 saturated carbocycles. The molecule has 0 rings (SSSR count). The summed E-state index contributed by atoms with van der Waals surface area (Å²) in [5.41, 5.74) is 5.76. The van der Waals surface area contributed by atoms with Crippen LogP contribution in [0.1, 0.15) is 13.3 Å². The Morgan fingerprint density at radius 1 is 1.50 bits per heavy atom. The highest BCUT2D eigenvalue weighted by molar-refractivity contribution is 7.98. The van der Waals surface area contributed by atoms with Crippen LogP contribution in [0, 0.1) is 0 Å². The third kappa shape index (κ3) is 5.20. The van der Waals surface area contributed by atoms with Gasteiger partial charge in [0.25, 0.3) is 0 Å². The number of nitrogens with zero attached hydrogens (tertiary/aromatic N) is 1. The Hall–Kier alpha value is 0.230. The third-order valence-corrected chi connectivity index (χ3v) is 3.25. The summed E-state index contributed by atoms with van der Waals surface area (Å²) >= 11 is 1.87. The summed E-state index contributed by atoms with van der Waals surface area (Å²) in [6, 6.07) is 0.919. The predicted octanol–water partition coefficient (Wildman–Crippen LogP) is 1.03. The maximum absolute atomic E-state index is 5.76. The molecule has 2 atom stereocenters. The molecule has 0 bridgehead atoms. The minimum Gasteiger partial charge on any atom is -0.383 e. The number of likely N-dealkylation sites (N-methyl/N-ethyl adjacent to an activating group) is 1. The van der Waals surface area contributed by atoms with Gasteiger partial charge in [0.05, 0.1) is 6.61 Å². The number of rotatable bonds is 8. The molecule has 86 valence electrons. The summed E-state index contributed by atoms with van der Waals surface area (Å²) in [6.07, 6.45) is 3.29. The van der Waals surface area contributed by atoms with E-state index in [1.807, 2.05) is 11.8 Å². The van der Waals surface area contributed by atoms with E-state index in [9.17, 15) is 0 Å². The lowest BCUT2D eigenvalue weighted by molar-refractivity contribution is 0.0902. The molecule has 0 aromatic rings. The lowest BCUT2D eigenvalue weighted by Crippen LogP contribution is -2.45. The predicted molar refractivity (Wildman–Crippen MR) is 64.9 cm³/mol. The van der Waals surface area contributed by atoms with E-state index in [2.05, 4.69) is 25.1 Å². The second-order valence-electron chi connectivity index (χ2n) is 3.64. The van der Waals surface area contributed by atoms with Crippen LogP contribution in [-0.2, 0) is 4.74 Å². The second kappa shape index (κ2) is 8.53. The van der Waals surface area contributed by atoms with Crippen LogP contribution < -0.4 is 5.73 Å². The van der Waals surface area contributed by atoms with Gasteiger partial charge in [-0.05, 0) is 32.4 Å². The zero-order valence-electron chi connectivity index (χ0n) is 9.82. The van der Waals surface area contributed by atoms with Gasteiger partial charge in [-0.2, -0.15) is 11.8 Å². The average molecular weight is 220 g/mol. The van der Waals surface area contributed by atoms with Crippen molar-refractivity contribution in [2.45, 2.75) is 25.4 Å². The van der Waals surface area contributed by atoms with Crippen molar-refractivity contribution in [2.75, 3.05) is 39.3 Å². The van der Waals surface area contributed by atoms with E-state index >= 15 is 0 Å². The minimum atomic E-state index is 0.440.